The number of carbonyl (C=O) groups excluding carboxylic acids is 1. The van der Waals surface area contributed by atoms with E-state index in [1.54, 1.807) is 11.6 Å². The van der Waals surface area contributed by atoms with Crippen molar-refractivity contribution in [2.75, 3.05) is 40.3 Å². The molecule has 0 radical (unpaired) electrons. The molecule has 0 atom stereocenters. The highest BCUT2D eigenvalue weighted by molar-refractivity contribution is 6.30. The van der Waals surface area contributed by atoms with Crippen LogP contribution in [-0.2, 0) is 11.3 Å². The summed E-state index contributed by atoms with van der Waals surface area (Å²) in [4.78, 5) is 17.0. The molecule has 1 fully saturated rings. The predicted molar refractivity (Wildman–Crippen MR) is 110 cm³/mol. The number of fused-ring (bicyclic) bond motifs is 1. The zero-order chi connectivity index (χ0) is 20.5. The molecule has 2 aromatic heterocycles. The molecule has 0 N–H and O–H groups in total. The van der Waals surface area contributed by atoms with Crippen LogP contribution in [-0.4, -0.2) is 75.9 Å². The van der Waals surface area contributed by atoms with Crippen molar-refractivity contribution in [2.45, 2.75) is 13.5 Å². The summed E-state index contributed by atoms with van der Waals surface area (Å²) >= 11 is 6.04. The number of amides is 1. The van der Waals surface area contributed by atoms with E-state index in [9.17, 15) is 4.79 Å². The minimum atomic E-state index is -0.109. The van der Waals surface area contributed by atoms with Gasteiger partial charge in [-0.15, -0.1) is 10.2 Å². The standard InChI is InChI=1S/C20H23ClN6O2/c1-13-18(20(28)26-10-8-25(2)9-11-26)22-23-19-17(14-4-6-15(21)7-5-14)16(12-29-3)24-27(13)19/h4-7H,8-12H2,1-3H3. The van der Waals surface area contributed by atoms with Gasteiger partial charge in [0.25, 0.3) is 5.91 Å². The highest BCUT2D eigenvalue weighted by atomic mass is 35.5. The fourth-order valence-corrected chi connectivity index (χ4v) is 3.68. The highest BCUT2D eigenvalue weighted by Crippen LogP contribution is 2.30. The number of benzene rings is 1. The van der Waals surface area contributed by atoms with Crippen molar-refractivity contribution >= 4 is 23.2 Å². The Balaban J connectivity index is 1.78. The Hall–Kier alpha value is -2.55. The van der Waals surface area contributed by atoms with Gasteiger partial charge in [0.1, 0.15) is 0 Å². The fourth-order valence-electron chi connectivity index (χ4n) is 3.56. The zero-order valence-electron chi connectivity index (χ0n) is 16.7. The van der Waals surface area contributed by atoms with Crippen LogP contribution in [0.5, 0.6) is 0 Å². The van der Waals surface area contributed by atoms with Crippen LogP contribution in [0.2, 0.25) is 5.02 Å². The summed E-state index contributed by atoms with van der Waals surface area (Å²) in [6.07, 6.45) is 0. The number of hydrogen-bond donors (Lipinski definition) is 0. The molecule has 3 aromatic rings. The molecule has 3 heterocycles. The van der Waals surface area contributed by atoms with Crippen LogP contribution >= 0.6 is 11.6 Å². The Bertz CT molecular complexity index is 1040. The van der Waals surface area contributed by atoms with Gasteiger partial charge >= 0.3 is 0 Å². The molecule has 0 unspecified atom stereocenters. The third kappa shape index (κ3) is 3.71. The van der Waals surface area contributed by atoms with Crippen LogP contribution in [0, 0.1) is 6.92 Å². The molecule has 4 rings (SSSR count). The number of methoxy groups -OCH3 is 1. The number of carbonyl (C=O) groups is 1. The number of halogens is 1. The number of likely N-dealkylation sites (N-methyl/N-ethyl adjacent to an activating group) is 1. The minimum absolute atomic E-state index is 0.109. The normalized spacial score (nSPS) is 15.2. The van der Waals surface area contributed by atoms with Crippen LogP contribution in [0.15, 0.2) is 24.3 Å². The molecule has 1 amide bonds. The molecule has 29 heavy (non-hydrogen) atoms. The molecule has 0 bridgehead atoms. The summed E-state index contributed by atoms with van der Waals surface area (Å²) in [5.41, 5.74) is 4.07. The first-order valence-electron chi connectivity index (χ1n) is 9.47. The van der Waals surface area contributed by atoms with E-state index >= 15 is 0 Å². The lowest BCUT2D eigenvalue weighted by molar-refractivity contribution is 0.0655. The summed E-state index contributed by atoms with van der Waals surface area (Å²) < 4.78 is 7.03. The van der Waals surface area contributed by atoms with Gasteiger partial charge in [-0.05, 0) is 31.7 Å². The van der Waals surface area contributed by atoms with Gasteiger partial charge in [-0.25, -0.2) is 4.52 Å². The number of rotatable bonds is 4. The monoisotopic (exact) mass is 414 g/mol. The average molecular weight is 415 g/mol. The number of hydrogen-bond acceptors (Lipinski definition) is 6. The third-order valence-corrected chi connectivity index (χ3v) is 5.50. The molecular formula is C20H23ClN6O2. The summed E-state index contributed by atoms with van der Waals surface area (Å²) in [7, 11) is 3.68. The first-order valence-corrected chi connectivity index (χ1v) is 9.85. The Morgan fingerprint density at radius 1 is 1.14 bits per heavy atom. The summed E-state index contributed by atoms with van der Waals surface area (Å²) in [6, 6.07) is 7.47. The fraction of sp³-hybridized carbons (Fsp3) is 0.400. The molecule has 1 aromatic carbocycles. The molecule has 0 saturated carbocycles. The van der Waals surface area contributed by atoms with Crippen molar-refractivity contribution in [3.63, 3.8) is 0 Å². The van der Waals surface area contributed by atoms with Crippen LogP contribution in [0.3, 0.4) is 0 Å². The van der Waals surface area contributed by atoms with E-state index in [0.717, 1.165) is 29.9 Å². The van der Waals surface area contributed by atoms with Gasteiger partial charge in [-0.3, -0.25) is 4.79 Å². The van der Waals surface area contributed by atoms with Crippen LogP contribution in [0.1, 0.15) is 21.9 Å². The van der Waals surface area contributed by atoms with E-state index in [1.807, 2.05) is 36.1 Å². The molecule has 1 aliphatic rings. The minimum Gasteiger partial charge on any atom is -0.378 e. The van der Waals surface area contributed by atoms with E-state index in [4.69, 9.17) is 16.3 Å². The summed E-state index contributed by atoms with van der Waals surface area (Å²) in [5.74, 6) is -0.109. The van der Waals surface area contributed by atoms with Gasteiger partial charge in [0, 0.05) is 38.3 Å². The van der Waals surface area contributed by atoms with Crippen molar-refractivity contribution in [1.29, 1.82) is 0 Å². The maximum atomic E-state index is 13.0. The Kier molecular flexibility index (Phi) is 5.49. The molecule has 0 aliphatic carbocycles. The van der Waals surface area contributed by atoms with Crippen molar-refractivity contribution in [3.05, 3.63) is 46.4 Å². The molecule has 8 nitrogen and oxygen atoms in total. The van der Waals surface area contributed by atoms with Crippen molar-refractivity contribution in [3.8, 4) is 11.1 Å². The van der Waals surface area contributed by atoms with E-state index in [1.165, 1.54) is 0 Å². The average Bonchev–Trinajstić information content (AvgIpc) is 3.08. The smallest absolute Gasteiger partial charge is 0.276 e. The quantitative estimate of drug-likeness (QED) is 0.652. The number of aromatic nitrogens is 4. The van der Waals surface area contributed by atoms with Gasteiger partial charge in [-0.1, -0.05) is 23.7 Å². The second-order valence-corrected chi connectivity index (χ2v) is 7.66. The molecule has 1 saturated heterocycles. The van der Waals surface area contributed by atoms with Crippen molar-refractivity contribution in [2.24, 2.45) is 0 Å². The van der Waals surface area contributed by atoms with Crippen molar-refractivity contribution in [1.82, 2.24) is 29.6 Å². The van der Waals surface area contributed by atoms with Crippen LogP contribution in [0.4, 0.5) is 0 Å². The molecular weight excluding hydrogens is 392 g/mol. The maximum Gasteiger partial charge on any atom is 0.276 e. The number of aryl methyl sites for hydroxylation is 1. The predicted octanol–water partition coefficient (Wildman–Crippen LogP) is 2.29. The second-order valence-electron chi connectivity index (χ2n) is 7.23. The third-order valence-electron chi connectivity index (χ3n) is 5.25. The van der Waals surface area contributed by atoms with Gasteiger partial charge in [0.15, 0.2) is 11.3 Å². The Labute approximate surface area is 174 Å². The topological polar surface area (TPSA) is 75.9 Å². The SMILES string of the molecule is COCc1nn2c(C)c(C(=O)N3CCN(C)CC3)nnc2c1-c1ccc(Cl)cc1. The zero-order valence-corrected chi connectivity index (χ0v) is 17.5. The number of ether oxygens (including phenoxy) is 1. The maximum absolute atomic E-state index is 13.0. The lowest BCUT2D eigenvalue weighted by atomic mass is 10.1. The van der Waals surface area contributed by atoms with E-state index in [-0.39, 0.29) is 5.91 Å². The van der Waals surface area contributed by atoms with Crippen molar-refractivity contribution < 1.29 is 9.53 Å². The Morgan fingerprint density at radius 3 is 2.48 bits per heavy atom. The van der Waals surface area contributed by atoms with Gasteiger partial charge in [-0.2, -0.15) is 5.10 Å². The molecule has 0 spiro atoms. The van der Waals surface area contributed by atoms with Crippen LogP contribution in [0.25, 0.3) is 16.8 Å². The Morgan fingerprint density at radius 2 is 1.83 bits per heavy atom. The lowest BCUT2D eigenvalue weighted by Gasteiger charge is -2.32. The number of piperazine rings is 1. The summed E-state index contributed by atoms with van der Waals surface area (Å²) in [5, 5.41) is 14.0. The highest BCUT2D eigenvalue weighted by Gasteiger charge is 2.26. The second kappa shape index (κ2) is 8.06. The first-order chi connectivity index (χ1) is 14.0. The van der Waals surface area contributed by atoms with Gasteiger partial charge < -0.3 is 14.5 Å². The first kappa shape index (κ1) is 19.8. The van der Waals surface area contributed by atoms with Gasteiger partial charge in [0.2, 0.25) is 0 Å². The molecule has 9 heteroatoms. The van der Waals surface area contributed by atoms with Gasteiger partial charge in [0.05, 0.1) is 23.6 Å². The number of nitrogens with zero attached hydrogens (tertiary/aromatic N) is 6. The van der Waals surface area contributed by atoms with E-state index in [2.05, 4.69) is 27.2 Å². The molecule has 152 valence electrons. The van der Waals surface area contributed by atoms with E-state index < -0.39 is 0 Å². The van der Waals surface area contributed by atoms with Crippen LogP contribution < -0.4 is 0 Å². The summed E-state index contributed by atoms with van der Waals surface area (Å²) in [6.45, 7) is 5.22. The molecule has 1 aliphatic heterocycles. The largest absolute Gasteiger partial charge is 0.378 e. The lowest BCUT2D eigenvalue weighted by Crippen LogP contribution is -2.47. The van der Waals surface area contributed by atoms with E-state index in [0.29, 0.717) is 41.8 Å².